The van der Waals surface area contributed by atoms with E-state index in [1.807, 2.05) is 26.0 Å². The van der Waals surface area contributed by atoms with E-state index in [1.165, 1.54) is 12.8 Å². The average molecular weight is 299 g/mol. The molecule has 1 atom stereocenters. The summed E-state index contributed by atoms with van der Waals surface area (Å²) in [5.74, 6) is 1.98. The van der Waals surface area contributed by atoms with Crippen LogP contribution >= 0.6 is 0 Å². The van der Waals surface area contributed by atoms with Crippen LogP contribution in [0.4, 0.5) is 0 Å². The van der Waals surface area contributed by atoms with Gasteiger partial charge in [-0.15, -0.1) is 0 Å². The maximum atomic E-state index is 9.82. The number of ether oxygens (including phenoxy) is 1. The van der Waals surface area contributed by atoms with E-state index in [1.54, 1.807) is 12.4 Å². The summed E-state index contributed by atoms with van der Waals surface area (Å²) in [5.41, 5.74) is 2.42. The highest BCUT2D eigenvalue weighted by atomic mass is 16.5. The van der Waals surface area contributed by atoms with Crippen LogP contribution in [-0.2, 0) is 0 Å². The second kappa shape index (κ2) is 6.40. The molecule has 5 heteroatoms. The van der Waals surface area contributed by atoms with Crippen LogP contribution in [0, 0.1) is 12.8 Å². The van der Waals surface area contributed by atoms with Gasteiger partial charge in [-0.25, -0.2) is 4.98 Å². The van der Waals surface area contributed by atoms with E-state index in [0.29, 0.717) is 36.3 Å². The minimum atomic E-state index is -0.520. The van der Waals surface area contributed by atoms with Gasteiger partial charge in [0.15, 0.2) is 0 Å². The van der Waals surface area contributed by atoms with Crippen molar-refractivity contribution in [2.45, 2.75) is 39.2 Å². The van der Waals surface area contributed by atoms with E-state index in [-0.39, 0.29) is 0 Å². The van der Waals surface area contributed by atoms with Crippen LogP contribution in [0.3, 0.4) is 0 Å². The number of rotatable bonds is 6. The number of hydrogen-bond acceptors (Lipinski definition) is 5. The fourth-order valence-electron chi connectivity index (χ4n) is 2.21. The van der Waals surface area contributed by atoms with Crippen LogP contribution in [0.25, 0.3) is 11.1 Å². The molecule has 0 spiro atoms. The normalized spacial score (nSPS) is 15.6. The van der Waals surface area contributed by atoms with E-state index >= 15 is 0 Å². The van der Waals surface area contributed by atoms with E-state index in [2.05, 4.69) is 15.0 Å². The van der Waals surface area contributed by atoms with E-state index in [4.69, 9.17) is 4.74 Å². The lowest BCUT2D eigenvalue weighted by Gasteiger charge is -2.12. The highest BCUT2D eigenvalue weighted by Gasteiger charge is 2.23. The van der Waals surface area contributed by atoms with Crippen LogP contribution in [0.5, 0.6) is 5.88 Å². The summed E-state index contributed by atoms with van der Waals surface area (Å²) in [6.45, 7) is 4.49. The minimum Gasteiger partial charge on any atom is -0.477 e. The molecule has 0 aromatic carbocycles. The van der Waals surface area contributed by atoms with Gasteiger partial charge in [-0.05, 0) is 38.2 Å². The maximum absolute atomic E-state index is 9.82. The number of aryl methyl sites for hydroxylation is 1. The van der Waals surface area contributed by atoms with Crippen molar-refractivity contribution < 1.29 is 9.84 Å². The van der Waals surface area contributed by atoms with E-state index in [9.17, 15) is 5.11 Å². The molecule has 1 aliphatic carbocycles. The molecule has 2 aromatic heterocycles. The first-order valence-electron chi connectivity index (χ1n) is 7.78. The summed E-state index contributed by atoms with van der Waals surface area (Å²) >= 11 is 0. The Morgan fingerprint density at radius 3 is 2.73 bits per heavy atom. The van der Waals surface area contributed by atoms with Gasteiger partial charge < -0.3 is 9.84 Å². The number of hydrogen-bond donors (Lipinski definition) is 1. The van der Waals surface area contributed by atoms with Crippen LogP contribution < -0.4 is 4.74 Å². The molecular formula is C17H21N3O2. The van der Waals surface area contributed by atoms with Crippen molar-refractivity contribution >= 4 is 0 Å². The van der Waals surface area contributed by atoms with Crippen LogP contribution in [0.15, 0.2) is 24.5 Å². The van der Waals surface area contributed by atoms with Crippen molar-refractivity contribution in [1.82, 2.24) is 15.0 Å². The lowest BCUT2D eigenvalue weighted by atomic mass is 10.1. The molecular weight excluding hydrogens is 278 g/mol. The van der Waals surface area contributed by atoms with Crippen molar-refractivity contribution in [1.29, 1.82) is 0 Å². The Bertz CT molecular complexity index is 639. The standard InChI is InChI=1S/C17H21N3O2/c1-3-16(21)15-7-6-13(8-19-15)14-9-18-11(2)20-17(14)22-10-12-4-5-12/h6-9,12,16,21H,3-5,10H2,1-2H3. The Hall–Kier alpha value is -2.01. The molecule has 0 bridgehead atoms. The first kappa shape index (κ1) is 14.9. The summed E-state index contributed by atoms with van der Waals surface area (Å²) in [6, 6.07) is 3.77. The largest absolute Gasteiger partial charge is 0.477 e. The van der Waals surface area contributed by atoms with Gasteiger partial charge in [-0.1, -0.05) is 13.0 Å². The Kier molecular flexibility index (Phi) is 4.34. The Morgan fingerprint density at radius 1 is 1.27 bits per heavy atom. The van der Waals surface area contributed by atoms with Crippen molar-refractivity contribution in [3.8, 4) is 17.0 Å². The van der Waals surface area contributed by atoms with Gasteiger partial charge in [0.2, 0.25) is 5.88 Å². The summed E-state index contributed by atoms with van der Waals surface area (Å²) in [5, 5.41) is 9.82. The molecule has 2 heterocycles. The highest BCUT2D eigenvalue weighted by molar-refractivity contribution is 5.66. The number of nitrogens with zero attached hydrogens (tertiary/aromatic N) is 3. The van der Waals surface area contributed by atoms with Gasteiger partial charge in [-0.2, -0.15) is 4.98 Å². The van der Waals surface area contributed by atoms with Gasteiger partial charge in [0, 0.05) is 18.0 Å². The SMILES string of the molecule is CCC(O)c1ccc(-c2cnc(C)nc2OCC2CC2)cn1. The number of aliphatic hydroxyl groups excluding tert-OH is 1. The topological polar surface area (TPSA) is 68.1 Å². The fourth-order valence-corrected chi connectivity index (χ4v) is 2.21. The van der Waals surface area contributed by atoms with Crippen LogP contribution in [0.1, 0.15) is 43.8 Å². The van der Waals surface area contributed by atoms with Crippen LogP contribution in [-0.4, -0.2) is 26.7 Å². The Morgan fingerprint density at radius 2 is 2.09 bits per heavy atom. The number of aliphatic hydroxyl groups is 1. The second-order valence-electron chi connectivity index (χ2n) is 5.79. The van der Waals surface area contributed by atoms with Crippen molar-refractivity contribution in [3.05, 3.63) is 36.0 Å². The summed E-state index contributed by atoms with van der Waals surface area (Å²) in [4.78, 5) is 13.0. The van der Waals surface area contributed by atoms with Gasteiger partial charge in [0.05, 0.1) is 24.0 Å². The Labute approximate surface area is 130 Å². The zero-order valence-corrected chi connectivity index (χ0v) is 13.0. The quantitative estimate of drug-likeness (QED) is 0.887. The molecule has 1 saturated carbocycles. The van der Waals surface area contributed by atoms with Crippen LogP contribution in [0.2, 0.25) is 0 Å². The minimum absolute atomic E-state index is 0.520. The number of pyridine rings is 1. The highest BCUT2D eigenvalue weighted by Crippen LogP contribution is 2.32. The molecule has 1 aliphatic rings. The smallest absolute Gasteiger partial charge is 0.224 e. The molecule has 1 N–H and O–H groups in total. The first-order valence-corrected chi connectivity index (χ1v) is 7.78. The van der Waals surface area contributed by atoms with Gasteiger partial charge in [0.25, 0.3) is 0 Å². The van der Waals surface area contributed by atoms with Gasteiger partial charge >= 0.3 is 0 Å². The third-order valence-electron chi connectivity index (χ3n) is 3.85. The lowest BCUT2D eigenvalue weighted by Crippen LogP contribution is -2.04. The molecule has 0 amide bonds. The molecule has 1 unspecified atom stereocenters. The molecule has 3 rings (SSSR count). The fraction of sp³-hybridized carbons (Fsp3) is 0.471. The van der Waals surface area contributed by atoms with Crippen molar-refractivity contribution in [2.75, 3.05) is 6.61 Å². The Balaban J connectivity index is 1.85. The number of aromatic nitrogens is 3. The van der Waals surface area contributed by atoms with Gasteiger partial charge in [-0.3, -0.25) is 4.98 Å². The van der Waals surface area contributed by atoms with Crippen molar-refractivity contribution in [2.24, 2.45) is 5.92 Å². The predicted octanol–water partition coefficient (Wildman–Crippen LogP) is 3.08. The zero-order valence-electron chi connectivity index (χ0n) is 13.0. The second-order valence-corrected chi connectivity index (χ2v) is 5.79. The van der Waals surface area contributed by atoms with E-state index in [0.717, 1.165) is 11.1 Å². The predicted molar refractivity (Wildman–Crippen MR) is 83.5 cm³/mol. The first-order chi connectivity index (χ1) is 10.7. The zero-order chi connectivity index (χ0) is 15.5. The molecule has 22 heavy (non-hydrogen) atoms. The lowest BCUT2D eigenvalue weighted by molar-refractivity contribution is 0.169. The molecule has 116 valence electrons. The third kappa shape index (κ3) is 3.42. The molecule has 0 saturated heterocycles. The molecule has 1 fully saturated rings. The molecule has 2 aromatic rings. The van der Waals surface area contributed by atoms with E-state index < -0.39 is 6.10 Å². The van der Waals surface area contributed by atoms with Crippen molar-refractivity contribution in [3.63, 3.8) is 0 Å². The monoisotopic (exact) mass is 299 g/mol. The molecule has 5 nitrogen and oxygen atoms in total. The van der Waals surface area contributed by atoms with Gasteiger partial charge in [0.1, 0.15) is 5.82 Å². The summed E-state index contributed by atoms with van der Waals surface area (Å²) in [7, 11) is 0. The molecule has 0 aliphatic heterocycles. The maximum Gasteiger partial charge on any atom is 0.224 e. The summed E-state index contributed by atoms with van der Waals surface area (Å²) < 4.78 is 5.87. The average Bonchev–Trinajstić information content (AvgIpc) is 3.37. The molecule has 0 radical (unpaired) electrons. The summed E-state index contributed by atoms with van der Waals surface area (Å²) in [6.07, 6.45) is 6.13. The third-order valence-corrected chi connectivity index (χ3v) is 3.85.